The normalized spacial score (nSPS) is 19.6. The van der Waals surface area contributed by atoms with Crippen LogP contribution in [0, 0.1) is 6.92 Å². The fraction of sp³-hybridized carbons (Fsp3) is 0.304. The van der Waals surface area contributed by atoms with Gasteiger partial charge in [-0.2, -0.15) is 0 Å². The van der Waals surface area contributed by atoms with Gasteiger partial charge in [0.2, 0.25) is 6.29 Å². The second kappa shape index (κ2) is 6.69. The van der Waals surface area contributed by atoms with Crippen LogP contribution in [0.25, 0.3) is 11.0 Å². The lowest BCUT2D eigenvalue weighted by Gasteiger charge is -2.39. The predicted molar refractivity (Wildman–Crippen MR) is 109 cm³/mol. The molecule has 1 unspecified atom stereocenters. The van der Waals surface area contributed by atoms with E-state index in [1.54, 1.807) is 0 Å². The Morgan fingerprint density at radius 2 is 1.74 bits per heavy atom. The molecule has 27 heavy (non-hydrogen) atoms. The quantitative estimate of drug-likeness (QED) is 0.645. The number of imidazole rings is 1. The lowest BCUT2D eigenvalue weighted by Crippen LogP contribution is -2.35. The van der Waals surface area contributed by atoms with Crippen molar-refractivity contribution in [1.29, 1.82) is 0 Å². The molecule has 2 aromatic carbocycles. The summed E-state index contributed by atoms with van der Waals surface area (Å²) < 4.78 is 2.28. The summed E-state index contributed by atoms with van der Waals surface area (Å²) >= 11 is 0. The number of aliphatic imine (C=N–C) groups is 1. The summed E-state index contributed by atoms with van der Waals surface area (Å²) in [5, 5.41) is 0. The summed E-state index contributed by atoms with van der Waals surface area (Å²) in [6, 6.07) is 19.1. The zero-order chi connectivity index (χ0) is 18.2. The van der Waals surface area contributed by atoms with Crippen LogP contribution >= 0.6 is 0 Å². The molecule has 1 aliphatic heterocycles. The van der Waals surface area contributed by atoms with E-state index in [0.717, 1.165) is 36.2 Å². The van der Waals surface area contributed by atoms with Gasteiger partial charge in [0.05, 0.1) is 11.0 Å². The SMILES string of the molecule is Cc1nc2ccccc2n1C1N=CC2=C(CCCC2)N1Cc1ccccc1. The van der Waals surface area contributed by atoms with E-state index in [-0.39, 0.29) is 6.29 Å². The van der Waals surface area contributed by atoms with Crippen LogP contribution < -0.4 is 0 Å². The van der Waals surface area contributed by atoms with E-state index in [4.69, 9.17) is 9.98 Å². The number of rotatable bonds is 3. The molecule has 4 heteroatoms. The van der Waals surface area contributed by atoms with Gasteiger partial charge in [0.25, 0.3) is 0 Å². The molecule has 2 aliphatic rings. The minimum atomic E-state index is -0.0746. The highest BCUT2D eigenvalue weighted by Crippen LogP contribution is 2.37. The summed E-state index contributed by atoms with van der Waals surface area (Å²) in [6.45, 7) is 2.95. The maximum Gasteiger partial charge on any atom is 0.204 e. The molecule has 5 rings (SSSR count). The topological polar surface area (TPSA) is 33.4 Å². The number of para-hydroxylation sites is 2. The van der Waals surface area contributed by atoms with Gasteiger partial charge >= 0.3 is 0 Å². The van der Waals surface area contributed by atoms with Crippen molar-refractivity contribution in [1.82, 2.24) is 14.5 Å². The molecule has 3 aromatic rings. The van der Waals surface area contributed by atoms with E-state index in [2.05, 4.69) is 71.1 Å². The highest BCUT2D eigenvalue weighted by Gasteiger charge is 2.30. The third-order valence-electron chi connectivity index (χ3n) is 5.67. The first-order valence-electron chi connectivity index (χ1n) is 9.80. The lowest BCUT2D eigenvalue weighted by molar-refractivity contribution is 0.171. The molecule has 136 valence electrons. The van der Waals surface area contributed by atoms with Gasteiger partial charge in [0, 0.05) is 18.5 Å². The van der Waals surface area contributed by atoms with Crippen LogP contribution in [0.2, 0.25) is 0 Å². The molecule has 0 N–H and O–H groups in total. The van der Waals surface area contributed by atoms with E-state index in [9.17, 15) is 0 Å². The minimum Gasteiger partial charge on any atom is -0.332 e. The van der Waals surface area contributed by atoms with Crippen molar-refractivity contribution in [3.05, 3.63) is 77.3 Å². The van der Waals surface area contributed by atoms with E-state index < -0.39 is 0 Å². The molecule has 1 aromatic heterocycles. The molecule has 0 saturated carbocycles. The van der Waals surface area contributed by atoms with E-state index in [1.165, 1.54) is 29.7 Å². The fourth-order valence-corrected chi connectivity index (χ4v) is 4.38. The average molecular weight is 356 g/mol. The molecule has 0 bridgehead atoms. The minimum absolute atomic E-state index is 0.0746. The highest BCUT2D eigenvalue weighted by atomic mass is 15.4. The van der Waals surface area contributed by atoms with Gasteiger partial charge in [-0.15, -0.1) is 0 Å². The van der Waals surface area contributed by atoms with Gasteiger partial charge in [-0.3, -0.25) is 4.57 Å². The van der Waals surface area contributed by atoms with Gasteiger partial charge in [0.1, 0.15) is 5.82 Å². The molecular formula is C23H24N4. The number of aryl methyl sites for hydroxylation is 1. The Balaban J connectivity index is 1.62. The van der Waals surface area contributed by atoms with Crippen LogP contribution in [0.15, 0.2) is 70.9 Å². The molecule has 0 spiro atoms. The lowest BCUT2D eigenvalue weighted by atomic mass is 9.94. The van der Waals surface area contributed by atoms with Crippen molar-refractivity contribution < 1.29 is 0 Å². The summed E-state index contributed by atoms with van der Waals surface area (Å²) in [4.78, 5) is 12.3. The second-order valence-electron chi connectivity index (χ2n) is 7.43. The number of allylic oxidation sites excluding steroid dienone is 2. The molecule has 0 saturated heterocycles. The number of nitrogens with zero attached hydrogens (tertiary/aromatic N) is 4. The van der Waals surface area contributed by atoms with Crippen LogP contribution in [-0.4, -0.2) is 20.7 Å². The average Bonchev–Trinajstić information content (AvgIpc) is 3.05. The van der Waals surface area contributed by atoms with E-state index in [1.807, 2.05) is 6.07 Å². The standard InChI is InChI=1S/C23H24N4/c1-17-25-20-12-6-8-14-22(20)27(17)23-24-15-19-11-5-7-13-21(19)26(23)16-18-9-3-2-4-10-18/h2-4,6,8-10,12,14-15,23H,5,7,11,13,16H2,1H3. The van der Waals surface area contributed by atoms with Crippen molar-refractivity contribution in [2.24, 2.45) is 4.99 Å². The zero-order valence-electron chi connectivity index (χ0n) is 15.7. The molecule has 0 radical (unpaired) electrons. The first-order chi connectivity index (χ1) is 13.3. The number of benzene rings is 2. The molecule has 4 nitrogen and oxygen atoms in total. The molecule has 1 atom stereocenters. The predicted octanol–water partition coefficient (Wildman–Crippen LogP) is 5.22. The molecule has 1 aliphatic carbocycles. The molecule has 0 amide bonds. The molecule has 2 heterocycles. The number of hydrogen-bond acceptors (Lipinski definition) is 3. The largest absolute Gasteiger partial charge is 0.332 e. The Kier molecular flexibility index (Phi) is 4.04. The van der Waals surface area contributed by atoms with Crippen LogP contribution in [0.1, 0.15) is 43.4 Å². The number of hydrogen-bond donors (Lipinski definition) is 0. The van der Waals surface area contributed by atoms with Crippen molar-refractivity contribution in [3.8, 4) is 0 Å². The number of aromatic nitrogens is 2. The highest BCUT2D eigenvalue weighted by molar-refractivity contribution is 5.81. The monoisotopic (exact) mass is 356 g/mol. The Labute approximate surface area is 159 Å². The number of fused-ring (bicyclic) bond motifs is 1. The Bertz CT molecular complexity index is 1030. The Morgan fingerprint density at radius 1 is 0.963 bits per heavy atom. The van der Waals surface area contributed by atoms with Crippen molar-refractivity contribution >= 4 is 17.2 Å². The van der Waals surface area contributed by atoms with E-state index >= 15 is 0 Å². The van der Waals surface area contributed by atoms with Gasteiger partial charge in [0.15, 0.2) is 0 Å². The molecule has 0 fully saturated rings. The Morgan fingerprint density at radius 3 is 2.63 bits per heavy atom. The van der Waals surface area contributed by atoms with Crippen molar-refractivity contribution in [2.45, 2.75) is 45.4 Å². The van der Waals surface area contributed by atoms with Gasteiger partial charge in [-0.25, -0.2) is 9.98 Å². The third kappa shape index (κ3) is 2.85. The summed E-state index contributed by atoms with van der Waals surface area (Å²) in [6.07, 6.45) is 6.84. The van der Waals surface area contributed by atoms with Gasteiger partial charge in [-0.1, -0.05) is 42.5 Å². The zero-order valence-corrected chi connectivity index (χ0v) is 15.7. The van der Waals surface area contributed by atoms with Crippen LogP contribution in [0.4, 0.5) is 0 Å². The van der Waals surface area contributed by atoms with Crippen LogP contribution in [0.5, 0.6) is 0 Å². The Hall–Kier alpha value is -2.88. The molecular weight excluding hydrogens is 332 g/mol. The first-order valence-corrected chi connectivity index (χ1v) is 9.80. The van der Waals surface area contributed by atoms with Crippen LogP contribution in [0.3, 0.4) is 0 Å². The van der Waals surface area contributed by atoms with Crippen molar-refractivity contribution in [3.63, 3.8) is 0 Å². The third-order valence-corrected chi connectivity index (χ3v) is 5.67. The maximum atomic E-state index is 5.01. The summed E-state index contributed by atoms with van der Waals surface area (Å²) in [5.74, 6) is 1.01. The van der Waals surface area contributed by atoms with Gasteiger partial charge in [-0.05, 0) is 55.9 Å². The van der Waals surface area contributed by atoms with Crippen LogP contribution in [-0.2, 0) is 6.54 Å². The second-order valence-corrected chi connectivity index (χ2v) is 7.43. The first kappa shape index (κ1) is 16.3. The van der Waals surface area contributed by atoms with E-state index in [0.29, 0.717) is 0 Å². The maximum absolute atomic E-state index is 5.01. The van der Waals surface area contributed by atoms with Gasteiger partial charge < -0.3 is 4.90 Å². The summed E-state index contributed by atoms with van der Waals surface area (Å²) in [7, 11) is 0. The summed E-state index contributed by atoms with van der Waals surface area (Å²) in [5.41, 5.74) is 6.38. The fourth-order valence-electron chi connectivity index (χ4n) is 4.38. The van der Waals surface area contributed by atoms with Crippen molar-refractivity contribution in [2.75, 3.05) is 0 Å². The smallest absolute Gasteiger partial charge is 0.204 e.